The highest BCUT2D eigenvalue weighted by Crippen LogP contribution is 2.25. The highest BCUT2D eigenvalue weighted by molar-refractivity contribution is 9.10. The number of benzene rings is 1. The number of ketones is 1. The molecule has 2 rings (SSSR count). The number of halogens is 1. The van der Waals surface area contributed by atoms with E-state index in [1.807, 2.05) is 25.2 Å². The Morgan fingerprint density at radius 1 is 1.39 bits per heavy atom. The van der Waals surface area contributed by atoms with Crippen molar-refractivity contribution in [2.75, 3.05) is 11.9 Å². The number of rotatable bonds is 4. The predicted octanol–water partition coefficient (Wildman–Crippen LogP) is 4.35. The predicted molar refractivity (Wildman–Crippen MR) is 80.6 cm³/mol. The van der Waals surface area contributed by atoms with Crippen molar-refractivity contribution in [1.29, 1.82) is 0 Å². The molecule has 0 radical (unpaired) electrons. The fraction of sp³-hybridized carbons (Fsp3) is 0.214. The quantitative estimate of drug-likeness (QED) is 0.779. The maximum atomic E-state index is 11.4. The highest BCUT2D eigenvalue weighted by Gasteiger charge is 2.08. The summed E-state index contributed by atoms with van der Waals surface area (Å²) in [7, 11) is 2.05. The third-order valence-electron chi connectivity index (χ3n) is 2.77. The maximum absolute atomic E-state index is 11.4. The molecule has 0 aliphatic rings. The normalized spacial score (nSPS) is 10.4. The molecule has 0 spiro atoms. The summed E-state index contributed by atoms with van der Waals surface area (Å²) in [4.78, 5) is 13.5. The van der Waals surface area contributed by atoms with Gasteiger partial charge in [0.1, 0.15) is 0 Å². The molecular formula is C14H14BrNOS. The molecule has 4 heteroatoms. The molecule has 18 heavy (non-hydrogen) atoms. The van der Waals surface area contributed by atoms with Crippen LogP contribution in [0.2, 0.25) is 0 Å². The number of Topliss-reactive ketones (excluding diaryl/α,β-unsaturated/α-hetero) is 1. The van der Waals surface area contributed by atoms with Gasteiger partial charge in [0.15, 0.2) is 5.78 Å². The molecule has 94 valence electrons. The van der Waals surface area contributed by atoms with Crippen molar-refractivity contribution in [3.8, 4) is 0 Å². The minimum atomic E-state index is 0.0777. The van der Waals surface area contributed by atoms with E-state index in [4.69, 9.17) is 0 Å². The van der Waals surface area contributed by atoms with Crippen LogP contribution in [0, 0.1) is 0 Å². The monoisotopic (exact) mass is 323 g/mol. The zero-order chi connectivity index (χ0) is 13.1. The fourth-order valence-electron chi connectivity index (χ4n) is 1.77. The second-order valence-electron chi connectivity index (χ2n) is 4.21. The van der Waals surface area contributed by atoms with E-state index in [0.29, 0.717) is 0 Å². The van der Waals surface area contributed by atoms with Crippen molar-refractivity contribution in [2.45, 2.75) is 13.5 Å². The van der Waals surface area contributed by atoms with Crippen molar-refractivity contribution >= 4 is 38.7 Å². The molecule has 0 amide bonds. The van der Waals surface area contributed by atoms with Crippen LogP contribution in [0.4, 0.5) is 5.69 Å². The van der Waals surface area contributed by atoms with E-state index in [1.54, 1.807) is 18.3 Å². The lowest BCUT2D eigenvalue weighted by Gasteiger charge is -2.19. The van der Waals surface area contributed by atoms with Gasteiger partial charge in [-0.2, -0.15) is 11.3 Å². The second kappa shape index (κ2) is 5.67. The second-order valence-corrected chi connectivity index (χ2v) is 5.84. The average molecular weight is 324 g/mol. The Labute approximate surface area is 119 Å². The number of thiophene rings is 1. The molecule has 1 heterocycles. The van der Waals surface area contributed by atoms with Crippen molar-refractivity contribution in [1.82, 2.24) is 0 Å². The van der Waals surface area contributed by atoms with Gasteiger partial charge < -0.3 is 4.90 Å². The Morgan fingerprint density at radius 2 is 2.17 bits per heavy atom. The lowest BCUT2D eigenvalue weighted by Crippen LogP contribution is -2.16. The Bertz CT molecular complexity index is 551. The first kappa shape index (κ1) is 13.3. The van der Waals surface area contributed by atoms with Gasteiger partial charge in [-0.1, -0.05) is 0 Å². The molecule has 0 saturated heterocycles. The average Bonchev–Trinajstić information content (AvgIpc) is 2.81. The smallest absolute Gasteiger partial charge is 0.160 e. The summed E-state index contributed by atoms with van der Waals surface area (Å²) in [6.45, 7) is 2.45. The Hall–Kier alpha value is -1.13. The molecule has 0 N–H and O–H groups in total. The topological polar surface area (TPSA) is 20.3 Å². The third-order valence-corrected chi connectivity index (χ3v) is 4.16. The molecule has 0 bridgehead atoms. The number of carbonyl (C=O) groups is 1. The molecule has 0 aliphatic heterocycles. The molecule has 2 aromatic rings. The van der Waals surface area contributed by atoms with Crippen LogP contribution in [0.15, 0.2) is 39.5 Å². The first-order chi connectivity index (χ1) is 8.58. The third kappa shape index (κ3) is 3.00. The summed E-state index contributed by atoms with van der Waals surface area (Å²) in [6, 6.07) is 7.96. The molecule has 0 saturated carbocycles. The Morgan fingerprint density at radius 3 is 2.72 bits per heavy atom. The zero-order valence-corrected chi connectivity index (χ0v) is 12.7. The largest absolute Gasteiger partial charge is 0.370 e. The van der Waals surface area contributed by atoms with E-state index in [2.05, 4.69) is 37.7 Å². The number of nitrogens with zero attached hydrogens (tertiary/aromatic N) is 1. The summed E-state index contributed by atoms with van der Waals surface area (Å²) in [5.74, 6) is 0.0777. The van der Waals surface area contributed by atoms with Crippen LogP contribution in [0.25, 0.3) is 0 Å². The van der Waals surface area contributed by atoms with Crippen molar-refractivity contribution < 1.29 is 4.79 Å². The molecule has 0 fully saturated rings. The van der Waals surface area contributed by atoms with Crippen LogP contribution in [0.1, 0.15) is 22.8 Å². The molecule has 2 nitrogen and oxygen atoms in total. The SMILES string of the molecule is CC(=O)c1ccc(N(C)Cc2ccsc2)cc1Br. The Balaban J connectivity index is 2.18. The summed E-state index contributed by atoms with van der Waals surface area (Å²) < 4.78 is 0.852. The van der Waals surface area contributed by atoms with E-state index >= 15 is 0 Å². The van der Waals surface area contributed by atoms with Crippen LogP contribution >= 0.6 is 27.3 Å². The first-order valence-corrected chi connectivity index (χ1v) is 7.34. The Kier molecular flexibility index (Phi) is 4.19. The highest BCUT2D eigenvalue weighted by atomic mass is 79.9. The van der Waals surface area contributed by atoms with Gasteiger partial charge >= 0.3 is 0 Å². The van der Waals surface area contributed by atoms with Gasteiger partial charge in [-0.25, -0.2) is 0 Å². The number of hydrogen-bond acceptors (Lipinski definition) is 3. The minimum Gasteiger partial charge on any atom is -0.370 e. The van der Waals surface area contributed by atoms with E-state index in [1.165, 1.54) is 5.56 Å². The lowest BCUT2D eigenvalue weighted by molar-refractivity contribution is 0.101. The van der Waals surface area contributed by atoms with Crippen LogP contribution in [-0.4, -0.2) is 12.8 Å². The van der Waals surface area contributed by atoms with Gasteiger partial charge in [0, 0.05) is 29.3 Å². The van der Waals surface area contributed by atoms with Gasteiger partial charge in [-0.15, -0.1) is 0 Å². The molecule has 0 unspecified atom stereocenters. The van der Waals surface area contributed by atoms with E-state index < -0.39 is 0 Å². The molecule has 1 aromatic carbocycles. The number of hydrogen-bond donors (Lipinski definition) is 0. The molecule has 1 aromatic heterocycles. The zero-order valence-electron chi connectivity index (χ0n) is 10.3. The summed E-state index contributed by atoms with van der Waals surface area (Å²) in [6.07, 6.45) is 0. The van der Waals surface area contributed by atoms with Crippen molar-refractivity contribution in [2.24, 2.45) is 0 Å². The van der Waals surface area contributed by atoms with Crippen LogP contribution in [0.3, 0.4) is 0 Å². The van der Waals surface area contributed by atoms with Crippen LogP contribution in [-0.2, 0) is 6.54 Å². The van der Waals surface area contributed by atoms with Gasteiger partial charge in [0.05, 0.1) is 0 Å². The van der Waals surface area contributed by atoms with Gasteiger partial charge in [-0.05, 0) is 63.4 Å². The van der Waals surface area contributed by atoms with E-state index in [9.17, 15) is 4.79 Å². The molecule has 0 aliphatic carbocycles. The maximum Gasteiger partial charge on any atom is 0.160 e. The van der Waals surface area contributed by atoms with E-state index in [-0.39, 0.29) is 5.78 Å². The summed E-state index contributed by atoms with van der Waals surface area (Å²) >= 11 is 5.15. The molecule has 0 atom stereocenters. The van der Waals surface area contributed by atoms with E-state index in [0.717, 1.165) is 22.3 Å². The van der Waals surface area contributed by atoms with Gasteiger partial charge in [-0.3, -0.25) is 4.79 Å². The summed E-state index contributed by atoms with van der Waals surface area (Å²) in [5.41, 5.74) is 3.12. The van der Waals surface area contributed by atoms with Crippen molar-refractivity contribution in [3.05, 3.63) is 50.6 Å². The van der Waals surface area contributed by atoms with Crippen molar-refractivity contribution in [3.63, 3.8) is 0 Å². The summed E-state index contributed by atoms with van der Waals surface area (Å²) in [5, 5.41) is 4.23. The molecular weight excluding hydrogens is 310 g/mol. The number of carbonyl (C=O) groups excluding carboxylic acids is 1. The fourth-order valence-corrected chi connectivity index (χ4v) is 3.08. The van der Waals surface area contributed by atoms with Gasteiger partial charge in [0.25, 0.3) is 0 Å². The van der Waals surface area contributed by atoms with Crippen LogP contribution < -0.4 is 4.90 Å². The first-order valence-electron chi connectivity index (χ1n) is 5.60. The number of anilines is 1. The van der Waals surface area contributed by atoms with Crippen LogP contribution in [0.5, 0.6) is 0 Å². The lowest BCUT2D eigenvalue weighted by atomic mass is 10.1. The van der Waals surface area contributed by atoms with Gasteiger partial charge in [0.2, 0.25) is 0 Å². The minimum absolute atomic E-state index is 0.0777. The standard InChI is InChI=1S/C14H14BrNOS/c1-10(17)13-4-3-12(7-14(13)15)16(2)8-11-5-6-18-9-11/h3-7,9H,8H2,1-2H3.